The molecule has 0 saturated heterocycles. The molecule has 1 N–H and O–H groups in total. The summed E-state index contributed by atoms with van der Waals surface area (Å²) in [6.45, 7) is 2.15. The van der Waals surface area contributed by atoms with Crippen LogP contribution in [0.1, 0.15) is 39.0 Å². The molecule has 4 nitrogen and oxygen atoms in total. The number of ether oxygens (including phenoxy) is 2. The first-order chi connectivity index (χ1) is 8.69. The van der Waals surface area contributed by atoms with Crippen molar-refractivity contribution in [1.82, 2.24) is 0 Å². The van der Waals surface area contributed by atoms with Crippen LogP contribution in [-0.4, -0.2) is 24.8 Å². The van der Waals surface area contributed by atoms with Gasteiger partial charge in [0.15, 0.2) is 0 Å². The molecule has 0 amide bonds. The van der Waals surface area contributed by atoms with Crippen molar-refractivity contribution in [2.24, 2.45) is 11.8 Å². The Balaban J connectivity index is 2.77. The zero-order valence-electron chi connectivity index (χ0n) is 11.1. The van der Waals surface area contributed by atoms with Crippen LogP contribution in [0.25, 0.3) is 0 Å². The quantitative estimate of drug-likeness (QED) is 0.465. The van der Waals surface area contributed by atoms with Gasteiger partial charge in [-0.2, -0.15) is 0 Å². The second-order valence-electron chi connectivity index (χ2n) is 4.50. The molecule has 0 spiro atoms. The third-order valence-electron chi connectivity index (χ3n) is 3.30. The molecule has 0 bridgehead atoms. The molecule has 0 aromatic carbocycles. The summed E-state index contributed by atoms with van der Waals surface area (Å²) in [5.41, 5.74) is 2.62. The Labute approximate surface area is 108 Å². The van der Waals surface area contributed by atoms with Crippen molar-refractivity contribution in [3.8, 4) is 0 Å². The Kier molecular flexibility index (Phi) is 6.37. The number of aliphatic hydroxyl groups excluding tert-OH is 1. The van der Waals surface area contributed by atoms with Crippen molar-refractivity contribution >= 4 is 5.97 Å². The van der Waals surface area contributed by atoms with E-state index in [9.17, 15) is 9.90 Å². The highest BCUT2D eigenvalue weighted by atomic mass is 16.6. The van der Waals surface area contributed by atoms with Crippen molar-refractivity contribution in [2.45, 2.75) is 39.0 Å². The molecular formula is C14H22O4. The van der Waals surface area contributed by atoms with Gasteiger partial charge in [0.25, 0.3) is 0 Å². The predicted octanol–water partition coefficient (Wildman–Crippen LogP) is 2.95. The van der Waals surface area contributed by atoms with Crippen LogP contribution in [0.5, 0.6) is 0 Å². The van der Waals surface area contributed by atoms with Crippen molar-refractivity contribution in [3.63, 3.8) is 0 Å². The van der Waals surface area contributed by atoms with E-state index in [1.807, 2.05) is 0 Å². The summed E-state index contributed by atoms with van der Waals surface area (Å²) in [6, 6.07) is 0. The van der Waals surface area contributed by atoms with Crippen molar-refractivity contribution in [2.75, 3.05) is 13.7 Å². The van der Waals surface area contributed by atoms with Crippen molar-refractivity contribution in [3.05, 3.63) is 17.8 Å². The van der Waals surface area contributed by atoms with E-state index < -0.39 is 0 Å². The van der Waals surface area contributed by atoms with Gasteiger partial charge in [0.1, 0.15) is 0 Å². The number of esters is 1. The van der Waals surface area contributed by atoms with Crippen LogP contribution >= 0.6 is 0 Å². The van der Waals surface area contributed by atoms with Crippen LogP contribution < -0.4 is 0 Å². The molecule has 1 rings (SSSR count). The Morgan fingerprint density at radius 1 is 1.44 bits per heavy atom. The maximum Gasteiger partial charge on any atom is 0.324 e. The molecular weight excluding hydrogens is 232 g/mol. The molecule has 1 aliphatic rings. The first kappa shape index (κ1) is 14.7. The number of rotatable bonds is 5. The number of carbonyl (C=O) groups excluding carboxylic acids is 1. The van der Waals surface area contributed by atoms with Crippen molar-refractivity contribution < 1.29 is 19.4 Å². The first-order valence-electron chi connectivity index (χ1n) is 6.55. The lowest BCUT2D eigenvalue weighted by Crippen LogP contribution is -2.25. The van der Waals surface area contributed by atoms with Gasteiger partial charge in [0.2, 0.25) is 0 Å². The summed E-state index contributed by atoms with van der Waals surface area (Å²) < 4.78 is 9.69. The number of aliphatic hydroxyl groups is 1. The Bertz CT molecular complexity index is 323. The normalized spacial score (nSPS) is 17.4. The minimum Gasteiger partial charge on any atom is -0.475 e. The molecule has 18 heavy (non-hydrogen) atoms. The fourth-order valence-corrected chi connectivity index (χ4v) is 2.37. The number of hydrogen-bond acceptors (Lipinski definition) is 4. The summed E-state index contributed by atoms with van der Waals surface area (Å²) >= 11 is 0. The number of methoxy groups -OCH3 is 1. The molecule has 1 fully saturated rings. The highest BCUT2D eigenvalue weighted by molar-refractivity contribution is 5.74. The average molecular weight is 254 g/mol. The SMILES string of the molecule is CCOC(O)=C=CC(C(=O)OC)C1CCCCC1. The zero-order chi connectivity index (χ0) is 13.4. The lowest BCUT2D eigenvalue weighted by Gasteiger charge is -2.25. The Morgan fingerprint density at radius 2 is 2.11 bits per heavy atom. The summed E-state index contributed by atoms with van der Waals surface area (Å²) in [6.07, 6.45) is 7.14. The lowest BCUT2D eigenvalue weighted by atomic mass is 9.80. The van der Waals surface area contributed by atoms with Gasteiger partial charge in [-0.25, -0.2) is 0 Å². The van der Waals surface area contributed by atoms with Gasteiger partial charge in [0.05, 0.1) is 19.6 Å². The molecule has 0 radical (unpaired) electrons. The number of hydrogen-bond donors (Lipinski definition) is 1. The fraction of sp³-hybridized carbons (Fsp3) is 0.714. The minimum atomic E-state index is -0.335. The second kappa shape index (κ2) is 7.83. The number of carbonyl (C=O) groups is 1. The van der Waals surface area contributed by atoms with Crippen LogP contribution in [0.4, 0.5) is 0 Å². The summed E-state index contributed by atoms with van der Waals surface area (Å²) in [5, 5.41) is 9.35. The van der Waals surface area contributed by atoms with Gasteiger partial charge in [-0.05, 0) is 37.5 Å². The Morgan fingerprint density at radius 3 is 2.67 bits per heavy atom. The zero-order valence-corrected chi connectivity index (χ0v) is 11.1. The van der Waals surface area contributed by atoms with Gasteiger partial charge in [-0.3, -0.25) is 4.79 Å². The third kappa shape index (κ3) is 4.46. The van der Waals surface area contributed by atoms with E-state index >= 15 is 0 Å². The summed E-state index contributed by atoms with van der Waals surface area (Å²) in [7, 11) is 1.39. The molecule has 102 valence electrons. The molecule has 0 heterocycles. The van der Waals surface area contributed by atoms with Crippen LogP contribution in [0.15, 0.2) is 17.8 Å². The molecule has 1 atom stereocenters. The molecule has 0 aliphatic heterocycles. The Hall–Kier alpha value is -1.41. The van der Waals surface area contributed by atoms with Gasteiger partial charge in [-0.1, -0.05) is 19.3 Å². The highest BCUT2D eigenvalue weighted by Gasteiger charge is 2.28. The summed E-state index contributed by atoms with van der Waals surface area (Å²) in [5.74, 6) is -0.591. The van der Waals surface area contributed by atoms with Gasteiger partial charge in [0, 0.05) is 0 Å². The maximum atomic E-state index is 11.8. The van der Waals surface area contributed by atoms with Gasteiger partial charge < -0.3 is 14.6 Å². The van der Waals surface area contributed by atoms with Crippen LogP contribution in [-0.2, 0) is 14.3 Å². The molecule has 1 unspecified atom stereocenters. The van der Waals surface area contributed by atoms with Crippen molar-refractivity contribution in [1.29, 1.82) is 0 Å². The fourth-order valence-electron chi connectivity index (χ4n) is 2.37. The monoisotopic (exact) mass is 254 g/mol. The molecule has 0 aromatic heterocycles. The van der Waals surface area contributed by atoms with E-state index in [0.717, 1.165) is 25.7 Å². The molecule has 0 aromatic rings. The molecule has 1 aliphatic carbocycles. The van der Waals surface area contributed by atoms with Gasteiger partial charge in [-0.15, -0.1) is 0 Å². The van der Waals surface area contributed by atoms with E-state index in [0.29, 0.717) is 6.61 Å². The smallest absolute Gasteiger partial charge is 0.324 e. The standard InChI is InChI=1S/C14H22O4/c1-3-18-13(15)10-9-12(14(16)17-2)11-7-5-4-6-8-11/h9,11-12,15H,3-8H2,1-2H3. The first-order valence-corrected chi connectivity index (χ1v) is 6.55. The van der Waals surface area contributed by atoms with Crippen LogP contribution in [0.3, 0.4) is 0 Å². The largest absolute Gasteiger partial charge is 0.475 e. The van der Waals surface area contributed by atoms with E-state index in [1.165, 1.54) is 13.5 Å². The van der Waals surface area contributed by atoms with Gasteiger partial charge >= 0.3 is 11.9 Å². The van der Waals surface area contributed by atoms with E-state index in [1.54, 1.807) is 13.0 Å². The molecule has 4 heteroatoms. The van der Waals surface area contributed by atoms with E-state index in [2.05, 4.69) is 5.73 Å². The third-order valence-corrected chi connectivity index (χ3v) is 3.30. The van der Waals surface area contributed by atoms with E-state index in [-0.39, 0.29) is 23.8 Å². The topological polar surface area (TPSA) is 55.8 Å². The summed E-state index contributed by atoms with van der Waals surface area (Å²) in [4.78, 5) is 11.8. The minimum absolute atomic E-state index is 0.265. The maximum absolute atomic E-state index is 11.8. The van der Waals surface area contributed by atoms with E-state index in [4.69, 9.17) is 9.47 Å². The second-order valence-corrected chi connectivity index (χ2v) is 4.50. The predicted molar refractivity (Wildman–Crippen MR) is 67.9 cm³/mol. The molecule has 1 saturated carbocycles. The van der Waals surface area contributed by atoms with Crippen LogP contribution in [0, 0.1) is 11.8 Å². The lowest BCUT2D eigenvalue weighted by molar-refractivity contribution is -0.145. The highest BCUT2D eigenvalue weighted by Crippen LogP contribution is 2.31. The average Bonchev–Trinajstić information content (AvgIpc) is 2.40. The van der Waals surface area contributed by atoms with Crippen LogP contribution in [0.2, 0.25) is 0 Å².